The molecule has 0 saturated heterocycles. The zero-order chi connectivity index (χ0) is 23.1. The molecule has 1 aromatic carbocycles. The van der Waals surface area contributed by atoms with Gasteiger partial charge in [0.1, 0.15) is 12.2 Å². The lowest BCUT2D eigenvalue weighted by Crippen LogP contribution is -2.43. The second kappa shape index (κ2) is 7.97. The number of aryl methyl sites for hydroxylation is 1. The lowest BCUT2D eigenvalue weighted by atomic mass is 9.58. The Bertz CT molecular complexity index is 1270. The number of benzene rings is 1. The third-order valence-electron chi connectivity index (χ3n) is 6.10. The Kier molecular flexibility index (Phi) is 5.45. The summed E-state index contributed by atoms with van der Waals surface area (Å²) in [5.74, 6) is 6.59. The highest BCUT2D eigenvalue weighted by atomic mass is 19.4. The molecule has 166 valence electrons. The third kappa shape index (κ3) is 3.72. The first-order valence-electron chi connectivity index (χ1n) is 10.3. The first-order chi connectivity index (χ1) is 15.2. The molecule has 5 nitrogen and oxygen atoms in total. The van der Waals surface area contributed by atoms with Gasteiger partial charge in [0.15, 0.2) is 0 Å². The summed E-state index contributed by atoms with van der Waals surface area (Å²) in [6, 6.07) is 8.13. The van der Waals surface area contributed by atoms with Crippen LogP contribution in [0.4, 0.5) is 13.2 Å². The fourth-order valence-corrected chi connectivity index (χ4v) is 4.66. The summed E-state index contributed by atoms with van der Waals surface area (Å²) in [5.41, 5.74) is -0.406. The van der Waals surface area contributed by atoms with Crippen LogP contribution >= 0.6 is 0 Å². The summed E-state index contributed by atoms with van der Waals surface area (Å²) in [6.07, 6.45) is -0.409. The number of alkyl halides is 3. The van der Waals surface area contributed by atoms with E-state index in [1.165, 1.54) is 0 Å². The normalized spacial score (nSPS) is 20.4. The molecule has 0 atom stereocenters. The van der Waals surface area contributed by atoms with Gasteiger partial charge >= 0.3 is 6.18 Å². The first kappa shape index (κ1) is 21.9. The highest BCUT2D eigenvalue weighted by Crippen LogP contribution is 2.51. The lowest BCUT2D eigenvalue weighted by Gasteiger charge is -2.46. The molecule has 1 aliphatic rings. The van der Waals surface area contributed by atoms with Crippen molar-refractivity contribution < 1.29 is 13.2 Å². The summed E-state index contributed by atoms with van der Waals surface area (Å²) in [4.78, 5) is 13.0. The molecule has 0 amide bonds. The molecule has 1 fully saturated rings. The minimum Gasteiger partial charge on any atom is -0.320 e. The molecule has 0 unspecified atom stereocenters. The summed E-state index contributed by atoms with van der Waals surface area (Å²) in [7, 11) is 1.88. The van der Waals surface area contributed by atoms with Crippen LogP contribution in [0.15, 0.2) is 47.7 Å². The number of rotatable bonds is 4. The topological polar surface area (TPSA) is 52.7 Å². The maximum absolute atomic E-state index is 13.6. The van der Waals surface area contributed by atoms with Crippen molar-refractivity contribution in [2.24, 2.45) is 13.0 Å². The van der Waals surface area contributed by atoms with E-state index in [0.717, 1.165) is 41.1 Å². The van der Waals surface area contributed by atoms with Crippen molar-refractivity contribution in [2.45, 2.75) is 44.8 Å². The molecule has 0 aliphatic heterocycles. The molecule has 32 heavy (non-hydrogen) atoms. The molecule has 0 N–H and O–H groups in total. The second-order valence-electron chi connectivity index (χ2n) is 8.44. The van der Waals surface area contributed by atoms with Gasteiger partial charge in [0, 0.05) is 18.8 Å². The molecule has 8 heteroatoms. The number of nitrogens with zero attached hydrogens (tertiary/aromatic N) is 4. The Morgan fingerprint density at radius 3 is 2.59 bits per heavy atom. The molecule has 0 spiro atoms. The molecule has 0 radical (unpaired) electrons. The van der Waals surface area contributed by atoms with Crippen molar-refractivity contribution in [3.05, 3.63) is 70.2 Å². The van der Waals surface area contributed by atoms with Gasteiger partial charge in [-0.2, -0.15) is 13.2 Å². The first-order valence-corrected chi connectivity index (χ1v) is 10.3. The van der Waals surface area contributed by atoms with Gasteiger partial charge in [-0.1, -0.05) is 31.0 Å². The van der Waals surface area contributed by atoms with E-state index in [-0.39, 0.29) is 17.5 Å². The quantitative estimate of drug-likeness (QED) is 0.565. The predicted molar refractivity (Wildman–Crippen MR) is 115 cm³/mol. The smallest absolute Gasteiger partial charge is 0.320 e. The molecule has 1 saturated carbocycles. The van der Waals surface area contributed by atoms with Crippen LogP contribution in [0.5, 0.6) is 0 Å². The van der Waals surface area contributed by atoms with Gasteiger partial charge < -0.3 is 9.13 Å². The van der Waals surface area contributed by atoms with E-state index in [2.05, 4.69) is 29.0 Å². The van der Waals surface area contributed by atoms with Crippen LogP contribution in [0, 0.1) is 17.8 Å². The van der Waals surface area contributed by atoms with E-state index < -0.39 is 17.3 Å². The second-order valence-corrected chi connectivity index (χ2v) is 8.44. The maximum Gasteiger partial charge on any atom is 0.417 e. The van der Waals surface area contributed by atoms with Crippen molar-refractivity contribution in [3.63, 3.8) is 0 Å². The number of hydrogen-bond donors (Lipinski definition) is 0. The van der Waals surface area contributed by atoms with Gasteiger partial charge in [-0.3, -0.25) is 4.79 Å². The van der Waals surface area contributed by atoms with Crippen molar-refractivity contribution >= 4 is 0 Å². The van der Waals surface area contributed by atoms with Crippen LogP contribution in [-0.2, 0) is 25.2 Å². The third-order valence-corrected chi connectivity index (χ3v) is 6.10. The lowest BCUT2D eigenvalue weighted by molar-refractivity contribution is -0.138. The summed E-state index contributed by atoms with van der Waals surface area (Å²) in [5, 5.41) is 8.33. The summed E-state index contributed by atoms with van der Waals surface area (Å²) >= 11 is 0. The van der Waals surface area contributed by atoms with Gasteiger partial charge in [0.25, 0.3) is 5.56 Å². The number of hydrogen-bond acceptors (Lipinski definition) is 3. The Morgan fingerprint density at radius 1 is 1.25 bits per heavy atom. The Balaban J connectivity index is 1.87. The molecule has 0 bridgehead atoms. The minimum absolute atomic E-state index is 0.0000605. The molecule has 2 heterocycles. The Labute approximate surface area is 183 Å². The standard InChI is InChI=1S/C24H23F3N4O/c1-4-5-9-31-14-19(24(25,26)27)11-20(21(31)32)17-7-6-8-18(10-17)23(12-16(2)13-23)22-29-28-15-30(22)3/h6-8,10-11,14-16H,9,12-13H2,1-3H3. The van der Waals surface area contributed by atoms with Crippen molar-refractivity contribution in [1.82, 2.24) is 19.3 Å². The Hall–Kier alpha value is -3.34. The summed E-state index contributed by atoms with van der Waals surface area (Å²) in [6.45, 7) is 3.62. The van der Waals surface area contributed by atoms with Gasteiger partial charge in [-0.25, -0.2) is 0 Å². The summed E-state index contributed by atoms with van der Waals surface area (Å²) < 4.78 is 43.6. The SMILES string of the molecule is CC#CCn1cc(C(F)(F)F)cc(-c2cccc(C3(c4nncn4C)CC(C)C3)c2)c1=O. The van der Waals surface area contributed by atoms with Crippen molar-refractivity contribution in [1.29, 1.82) is 0 Å². The molecule has 1 aliphatic carbocycles. The van der Waals surface area contributed by atoms with Crippen LogP contribution in [-0.4, -0.2) is 19.3 Å². The van der Waals surface area contributed by atoms with E-state index in [0.29, 0.717) is 11.5 Å². The zero-order valence-corrected chi connectivity index (χ0v) is 18.1. The molecule has 2 aromatic heterocycles. The highest BCUT2D eigenvalue weighted by Gasteiger charge is 2.48. The molecule has 4 rings (SSSR count). The monoisotopic (exact) mass is 440 g/mol. The fraction of sp³-hybridized carbons (Fsp3) is 0.375. The number of pyridine rings is 1. The van der Waals surface area contributed by atoms with Gasteiger partial charge in [0.2, 0.25) is 0 Å². The molecule has 3 aromatic rings. The van der Waals surface area contributed by atoms with Gasteiger partial charge in [-0.15, -0.1) is 16.1 Å². The average molecular weight is 440 g/mol. The van der Waals surface area contributed by atoms with Crippen molar-refractivity contribution in [2.75, 3.05) is 0 Å². The largest absolute Gasteiger partial charge is 0.417 e. The van der Waals surface area contributed by atoms with E-state index in [1.54, 1.807) is 25.4 Å². The molecular formula is C24H23F3N4O. The van der Waals surface area contributed by atoms with Crippen LogP contribution in [0.1, 0.15) is 43.6 Å². The van der Waals surface area contributed by atoms with E-state index in [1.807, 2.05) is 23.7 Å². The predicted octanol–water partition coefficient (Wildman–Crippen LogP) is 4.40. The van der Waals surface area contributed by atoms with Crippen LogP contribution in [0.3, 0.4) is 0 Å². The zero-order valence-electron chi connectivity index (χ0n) is 18.1. The van der Waals surface area contributed by atoms with E-state index in [9.17, 15) is 18.0 Å². The van der Waals surface area contributed by atoms with Gasteiger partial charge in [0.05, 0.1) is 17.5 Å². The fourth-order valence-electron chi connectivity index (χ4n) is 4.66. The van der Waals surface area contributed by atoms with Crippen LogP contribution < -0.4 is 5.56 Å². The van der Waals surface area contributed by atoms with Crippen LogP contribution in [0.25, 0.3) is 11.1 Å². The Morgan fingerprint density at radius 2 is 2.00 bits per heavy atom. The van der Waals surface area contributed by atoms with E-state index in [4.69, 9.17) is 0 Å². The average Bonchev–Trinajstić information content (AvgIpc) is 3.15. The minimum atomic E-state index is -4.58. The number of halogens is 3. The van der Waals surface area contributed by atoms with Gasteiger partial charge in [-0.05, 0) is 48.9 Å². The van der Waals surface area contributed by atoms with E-state index >= 15 is 0 Å². The van der Waals surface area contributed by atoms with Crippen molar-refractivity contribution in [3.8, 4) is 23.0 Å². The maximum atomic E-state index is 13.6. The number of aromatic nitrogens is 4. The molecular weight excluding hydrogens is 417 g/mol. The highest BCUT2D eigenvalue weighted by molar-refractivity contribution is 5.65. The van der Waals surface area contributed by atoms with Crippen LogP contribution in [0.2, 0.25) is 0 Å².